The van der Waals surface area contributed by atoms with Crippen molar-refractivity contribution in [1.29, 1.82) is 0 Å². The molecule has 1 aromatic rings. The SMILES string of the molecule is CCCCCCC(CC1(O)CCCCC1)S(=O)(=O)c1ccccc1. The first-order valence-corrected chi connectivity index (χ1v) is 11.0. The van der Waals surface area contributed by atoms with Crippen LogP contribution in [0.15, 0.2) is 35.2 Å². The summed E-state index contributed by atoms with van der Waals surface area (Å²) in [6.07, 6.45) is 9.93. The molecule has 1 aliphatic carbocycles. The van der Waals surface area contributed by atoms with E-state index in [2.05, 4.69) is 6.92 Å². The molecule has 0 radical (unpaired) electrons. The van der Waals surface area contributed by atoms with Crippen LogP contribution in [-0.2, 0) is 9.84 Å². The third-order valence-corrected chi connectivity index (χ3v) is 7.49. The Morgan fingerprint density at radius 1 is 1.04 bits per heavy atom. The van der Waals surface area contributed by atoms with Crippen LogP contribution in [0.4, 0.5) is 0 Å². The second-order valence-corrected chi connectivity index (χ2v) is 9.55. The quantitative estimate of drug-likeness (QED) is 0.644. The van der Waals surface area contributed by atoms with Crippen LogP contribution < -0.4 is 0 Å². The van der Waals surface area contributed by atoms with Gasteiger partial charge in [-0.15, -0.1) is 0 Å². The van der Waals surface area contributed by atoms with Gasteiger partial charge in [0.15, 0.2) is 9.84 Å². The highest BCUT2D eigenvalue weighted by Gasteiger charge is 2.37. The molecule has 136 valence electrons. The summed E-state index contributed by atoms with van der Waals surface area (Å²) in [5.74, 6) is 0. The lowest BCUT2D eigenvalue weighted by atomic mass is 9.81. The van der Waals surface area contributed by atoms with Gasteiger partial charge in [-0.05, 0) is 37.8 Å². The van der Waals surface area contributed by atoms with E-state index in [1.54, 1.807) is 24.3 Å². The number of hydrogen-bond acceptors (Lipinski definition) is 3. The fourth-order valence-electron chi connectivity index (χ4n) is 3.81. The molecular formula is C20H32O3S. The number of hydrogen-bond donors (Lipinski definition) is 1. The molecule has 1 atom stereocenters. The van der Waals surface area contributed by atoms with E-state index in [1.807, 2.05) is 6.07 Å². The van der Waals surface area contributed by atoms with Gasteiger partial charge >= 0.3 is 0 Å². The zero-order chi connectivity index (χ0) is 17.5. The predicted octanol–water partition coefficient (Wildman–Crippen LogP) is 4.88. The average molecular weight is 353 g/mol. The van der Waals surface area contributed by atoms with E-state index in [0.717, 1.165) is 57.8 Å². The van der Waals surface area contributed by atoms with Crippen LogP contribution >= 0.6 is 0 Å². The summed E-state index contributed by atoms with van der Waals surface area (Å²) < 4.78 is 26.2. The van der Waals surface area contributed by atoms with Gasteiger partial charge in [0.2, 0.25) is 0 Å². The number of aliphatic hydroxyl groups is 1. The minimum atomic E-state index is -3.39. The summed E-state index contributed by atoms with van der Waals surface area (Å²) in [4.78, 5) is 0.393. The Labute approximate surface area is 147 Å². The van der Waals surface area contributed by atoms with Gasteiger partial charge in [0.25, 0.3) is 0 Å². The summed E-state index contributed by atoms with van der Waals surface area (Å²) >= 11 is 0. The van der Waals surface area contributed by atoms with Gasteiger partial charge < -0.3 is 5.11 Å². The molecule has 24 heavy (non-hydrogen) atoms. The van der Waals surface area contributed by atoms with Crippen LogP contribution in [0.2, 0.25) is 0 Å². The van der Waals surface area contributed by atoms with Crippen LogP contribution in [0.3, 0.4) is 0 Å². The van der Waals surface area contributed by atoms with E-state index in [4.69, 9.17) is 0 Å². The van der Waals surface area contributed by atoms with Crippen molar-refractivity contribution in [3.63, 3.8) is 0 Å². The predicted molar refractivity (Wildman–Crippen MR) is 98.8 cm³/mol. The van der Waals surface area contributed by atoms with E-state index in [0.29, 0.717) is 17.7 Å². The molecule has 1 saturated carbocycles. The van der Waals surface area contributed by atoms with E-state index in [9.17, 15) is 13.5 Å². The molecule has 0 saturated heterocycles. The molecular weight excluding hydrogens is 320 g/mol. The van der Waals surface area contributed by atoms with Gasteiger partial charge in [-0.25, -0.2) is 8.42 Å². The molecule has 1 aromatic carbocycles. The molecule has 0 spiro atoms. The third kappa shape index (κ3) is 5.32. The molecule has 4 heteroatoms. The number of rotatable bonds is 9. The summed E-state index contributed by atoms with van der Waals surface area (Å²) in [5.41, 5.74) is -0.796. The normalized spacial score (nSPS) is 19.1. The maximum absolute atomic E-state index is 13.1. The van der Waals surface area contributed by atoms with Crippen molar-refractivity contribution in [2.24, 2.45) is 0 Å². The van der Waals surface area contributed by atoms with E-state index in [-0.39, 0.29) is 0 Å². The first-order valence-electron chi connectivity index (χ1n) is 9.49. The van der Waals surface area contributed by atoms with Crippen molar-refractivity contribution in [3.05, 3.63) is 30.3 Å². The molecule has 0 aromatic heterocycles. The monoisotopic (exact) mass is 352 g/mol. The first kappa shape index (κ1) is 19.5. The Bertz CT molecular complexity index is 574. The Balaban J connectivity index is 2.15. The van der Waals surface area contributed by atoms with Crippen LogP contribution in [-0.4, -0.2) is 24.4 Å². The highest BCUT2D eigenvalue weighted by molar-refractivity contribution is 7.92. The van der Waals surface area contributed by atoms with Crippen molar-refractivity contribution in [2.45, 2.75) is 93.3 Å². The van der Waals surface area contributed by atoms with Crippen molar-refractivity contribution in [1.82, 2.24) is 0 Å². The number of unbranched alkanes of at least 4 members (excludes halogenated alkanes) is 3. The van der Waals surface area contributed by atoms with Crippen LogP contribution in [0, 0.1) is 0 Å². The van der Waals surface area contributed by atoms with Gasteiger partial charge in [-0.2, -0.15) is 0 Å². The van der Waals surface area contributed by atoms with Gasteiger partial charge in [0.1, 0.15) is 0 Å². The summed E-state index contributed by atoms with van der Waals surface area (Å²) in [7, 11) is -3.39. The topological polar surface area (TPSA) is 54.4 Å². The molecule has 1 unspecified atom stereocenters. The molecule has 2 rings (SSSR count). The van der Waals surface area contributed by atoms with Crippen molar-refractivity contribution in [2.75, 3.05) is 0 Å². The molecule has 0 bridgehead atoms. The Hall–Kier alpha value is -0.870. The summed E-state index contributed by atoms with van der Waals surface area (Å²) in [6.45, 7) is 2.16. The zero-order valence-corrected chi connectivity index (χ0v) is 15.7. The van der Waals surface area contributed by atoms with Crippen molar-refractivity contribution < 1.29 is 13.5 Å². The Morgan fingerprint density at radius 2 is 1.71 bits per heavy atom. The molecule has 1 fully saturated rings. The highest BCUT2D eigenvalue weighted by Crippen LogP contribution is 2.36. The maximum atomic E-state index is 13.1. The Kier molecular flexibility index (Phi) is 7.30. The van der Waals surface area contributed by atoms with E-state index < -0.39 is 20.7 Å². The van der Waals surface area contributed by atoms with Gasteiger partial charge in [-0.1, -0.05) is 70.1 Å². The molecule has 0 heterocycles. The van der Waals surface area contributed by atoms with Gasteiger partial charge in [0.05, 0.1) is 15.7 Å². The number of benzene rings is 1. The van der Waals surface area contributed by atoms with Gasteiger partial charge in [-0.3, -0.25) is 0 Å². The lowest BCUT2D eigenvalue weighted by molar-refractivity contribution is -0.00505. The lowest BCUT2D eigenvalue weighted by Crippen LogP contribution is -2.38. The molecule has 3 nitrogen and oxygen atoms in total. The van der Waals surface area contributed by atoms with Crippen molar-refractivity contribution >= 4 is 9.84 Å². The first-order chi connectivity index (χ1) is 11.5. The van der Waals surface area contributed by atoms with Gasteiger partial charge in [0, 0.05) is 0 Å². The van der Waals surface area contributed by atoms with E-state index in [1.165, 1.54) is 0 Å². The van der Waals surface area contributed by atoms with Crippen LogP contribution in [0.5, 0.6) is 0 Å². The second kappa shape index (κ2) is 9.00. The van der Waals surface area contributed by atoms with Crippen LogP contribution in [0.1, 0.15) is 77.6 Å². The minimum Gasteiger partial charge on any atom is -0.390 e. The summed E-state index contributed by atoms with van der Waals surface area (Å²) in [5, 5.41) is 10.4. The largest absolute Gasteiger partial charge is 0.390 e. The Morgan fingerprint density at radius 3 is 2.33 bits per heavy atom. The minimum absolute atomic E-state index is 0.385. The lowest BCUT2D eigenvalue weighted by Gasteiger charge is -2.35. The third-order valence-electron chi connectivity index (χ3n) is 5.28. The average Bonchev–Trinajstić information content (AvgIpc) is 2.59. The van der Waals surface area contributed by atoms with Crippen LogP contribution in [0.25, 0.3) is 0 Å². The fraction of sp³-hybridized carbons (Fsp3) is 0.700. The fourth-order valence-corrected chi connectivity index (χ4v) is 5.73. The second-order valence-electron chi connectivity index (χ2n) is 7.32. The summed E-state index contributed by atoms with van der Waals surface area (Å²) in [6, 6.07) is 8.75. The molecule has 1 N–H and O–H groups in total. The van der Waals surface area contributed by atoms with Crippen molar-refractivity contribution in [3.8, 4) is 0 Å². The standard InChI is InChI=1S/C20H32O3S/c1-2-3-4-7-14-19(17-20(21)15-10-6-11-16-20)24(22,23)18-12-8-5-9-13-18/h5,8-9,12-13,19,21H,2-4,6-7,10-11,14-17H2,1H3. The van der Waals surface area contributed by atoms with E-state index >= 15 is 0 Å². The molecule has 1 aliphatic rings. The highest BCUT2D eigenvalue weighted by atomic mass is 32.2. The smallest absolute Gasteiger partial charge is 0.181 e. The zero-order valence-electron chi connectivity index (χ0n) is 14.9. The molecule has 0 amide bonds. The maximum Gasteiger partial charge on any atom is 0.181 e. The number of sulfone groups is 1. The molecule has 0 aliphatic heterocycles.